The first-order valence-corrected chi connectivity index (χ1v) is 6.68. The summed E-state index contributed by atoms with van der Waals surface area (Å²) in [5, 5.41) is 2.80. The predicted octanol–water partition coefficient (Wildman–Crippen LogP) is 2.62. The lowest BCUT2D eigenvalue weighted by Crippen LogP contribution is -2.25. The van der Waals surface area contributed by atoms with Crippen LogP contribution in [0.1, 0.15) is 10.4 Å². The van der Waals surface area contributed by atoms with Crippen molar-refractivity contribution in [1.82, 2.24) is 5.32 Å². The number of benzene rings is 1. The predicted molar refractivity (Wildman–Crippen MR) is 71.9 cm³/mol. The van der Waals surface area contributed by atoms with Gasteiger partial charge < -0.3 is 10.1 Å². The van der Waals surface area contributed by atoms with Gasteiger partial charge in [0.15, 0.2) is 0 Å². The van der Waals surface area contributed by atoms with Crippen LogP contribution >= 0.6 is 38.5 Å². The van der Waals surface area contributed by atoms with Crippen LogP contribution in [0.2, 0.25) is 0 Å². The molecule has 3 nitrogen and oxygen atoms in total. The van der Waals surface area contributed by atoms with Gasteiger partial charge in [0.2, 0.25) is 0 Å². The Bertz CT molecular complexity index is 357. The zero-order valence-corrected chi connectivity index (χ0v) is 12.0. The summed E-state index contributed by atoms with van der Waals surface area (Å²) in [6.45, 7) is 0.665. The number of hydrogen-bond acceptors (Lipinski definition) is 2. The summed E-state index contributed by atoms with van der Waals surface area (Å²) in [6.07, 6.45) is 0. The number of carbonyl (C=O) groups is 1. The van der Waals surface area contributed by atoms with E-state index >= 15 is 0 Å². The van der Waals surface area contributed by atoms with Gasteiger partial charge in [-0.05, 0) is 18.2 Å². The number of alkyl halides is 1. The number of halogens is 2. The van der Waals surface area contributed by atoms with Gasteiger partial charge in [-0.2, -0.15) is 0 Å². The normalized spacial score (nSPS) is 9.80. The minimum atomic E-state index is -0.101. The van der Waals surface area contributed by atoms with Gasteiger partial charge in [-0.3, -0.25) is 4.79 Å². The average Bonchev–Trinajstić information content (AvgIpc) is 2.25. The van der Waals surface area contributed by atoms with Crippen LogP contribution in [0.3, 0.4) is 0 Å². The molecule has 0 atom stereocenters. The molecule has 0 saturated carbocycles. The van der Waals surface area contributed by atoms with E-state index in [1.807, 2.05) is 6.07 Å². The SMILES string of the molecule is COc1cc(Br)ccc1C(=O)NCCI. The fourth-order valence-corrected chi connectivity index (χ4v) is 1.72. The highest BCUT2D eigenvalue weighted by molar-refractivity contribution is 14.1. The second kappa shape index (κ2) is 6.32. The van der Waals surface area contributed by atoms with Crippen molar-refractivity contribution >= 4 is 44.4 Å². The fourth-order valence-electron chi connectivity index (χ4n) is 1.11. The number of hydrogen-bond donors (Lipinski definition) is 1. The van der Waals surface area contributed by atoms with E-state index in [9.17, 15) is 4.79 Å². The molecule has 15 heavy (non-hydrogen) atoms. The molecule has 1 aromatic carbocycles. The zero-order valence-electron chi connectivity index (χ0n) is 8.22. The fraction of sp³-hybridized carbons (Fsp3) is 0.300. The van der Waals surface area contributed by atoms with Crippen LogP contribution < -0.4 is 10.1 Å². The molecule has 0 fully saturated rings. The van der Waals surface area contributed by atoms with Crippen molar-refractivity contribution in [3.8, 4) is 5.75 Å². The van der Waals surface area contributed by atoms with E-state index < -0.39 is 0 Å². The molecular weight excluding hydrogens is 373 g/mol. The molecule has 1 aromatic rings. The highest BCUT2D eigenvalue weighted by Crippen LogP contribution is 2.23. The van der Waals surface area contributed by atoms with Crippen LogP contribution in [0.4, 0.5) is 0 Å². The first-order valence-electron chi connectivity index (χ1n) is 4.36. The molecule has 0 radical (unpaired) electrons. The van der Waals surface area contributed by atoms with Gasteiger partial charge in [0.25, 0.3) is 5.91 Å². The van der Waals surface area contributed by atoms with Crippen molar-refractivity contribution in [2.45, 2.75) is 0 Å². The Labute approximate surface area is 111 Å². The van der Waals surface area contributed by atoms with Crippen LogP contribution in [0.15, 0.2) is 22.7 Å². The van der Waals surface area contributed by atoms with E-state index in [1.165, 1.54) is 0 Å². The number of ether oxygens (including phenoxy) is 1. The largest absolute Gasteiger partial charge is 0.496 e. The van der Waals surface area contributed by atoms with Crippen LogP contribution in [0, 0.1) is 0 Å². The second-order valence-electron chi connectivity index (χ2n) is 2.79. The number of nitrogens with one attached hydrogen (secondary N) is 1. The first-order chi connectivity index (χ1) is 7.19. The summed E-state index contributed by atoms with van der Waals surface area (Å²) in [6, 6.07) is 5.34. The summed E-state index contributed by atoms with van der Waals surface area (Å²) >= 11 is 5.54. The lowest BCUT2D eigenvalue weighted by Gasteiger charge is -2.08. The lowest BCUT2D eigenvalue weighted by atomic mass is 10.2. The van der Waals surface area contributed by atoms with Gasteiger partial charge in [-0.15, -0.1) is 0 Å². The third-order valence-corrected chi connectivity index (χ3v) is 2.82. The van der Waals surface area contributed by atoms with E-state index in [4.69, 9.17) is 4.74 Å². The van der Waals surface area contributed by atoms with E-state index in [2.05, 4.69) is 43.8 Å². The Kier molecular flexibility index (Phi) is 5.38. The van der Waals surface area contributed by atoms with Crippen LogP contribution in [-0.2, 0) is 0 Å². The van der Waals surface area contributed by atoms with Crippen molar-refractivity contribution in [2.24, 2.45) is 0 Å². The maximum atomic E-state index is 11.7. The smallest absolute Gasteiger partial charge is 0.255 e. The van der Waals surface area contributed by atoms with Gasteiger partial charge in [0, 0.05) is 15.4 Å². The molecule has 1 amide bonds. The molecule has 0 aromatic heterocycles. The maximum absolute atomic E-state index is 11.7. The van der Waals surface area contributed by atoms with Gasteiger partial charge in [0.05, 0.1) is 12.7 Å². The summed E-state index contributed by atoms with van der Waals surface area (Å²) in [5.74, 6) is 0.478. The third kappa shape index (κ3) is 3.64. The second-order valence-corrected chi connectivity index (χ2v) is 4.78. The van der Waals surface area contributed by atoms with E-state index in [0.29, 0.717) is 17.9 Å². The van der Waals surface area contributed by atoms with Crippen molar-refractivity contribution in [2.75, 3.05) is 18.1 Å². The highest BCUT2D eigenvalue weighted by Gasteiger charge is 2.11. The Balaban J connectivity index is 2.87. The molecule has 0 aliphatic carbocycles. The summed E-state index contributed by atoms with van der Waals surface area (Å²) in [7, 11) is 1.55. The summed E-state index contributed by atoms with van der Waals surface area (Å²) < 4.78 is 6.92. The lowest BCUT2D eigenvalue weighted by molar-refractivity contribution is 0.0953. The molecule has 0 heterocycles. The summed E-state index contributed by atoms with van der Waals surface area (Å²) in [5.41, 5.74) is 0.561. The topological polar surface area (TPSA) is 38.3 Å². The van der Waals surface area contributed by atoms with Gasteiger partial charge in [0.1, 0.15) is 5.75 Å². The van der Waals surface area contributed by atoms with E-state index in [-0.39, 0.29) is 5.91 Å². The molecule has 0 aliphatic rings. The zero-order chi connectivity index (χ0) is 11.3. The molecule has 0 unspecified atom stereocenters. The molecule has 0 bridgehead atoms. The Morgan fingerprint density at radius 1 is 1.60 bits per heavy atom. The van der Waals surface area contributed by atoms with E-state index in [1.54, 1.807) is 19.2 Å². The maximum Gasteiger partial charge on any atom is 0.255 e. The molecule has 0 aliphatic heterocycles. The molecule has 5 heteroatoms. The first kappa shape index (κ1) is 12.8. The van der Waals surface area contributed by atoms with Gasteiger partial charge in [-0.1, -0.05) is 38.5 Å². The van der Waals surface area contributed by atoms with E-state index in [0.717, 1.165) is 8.90 Å². The summed E-state index contributed by atoms with van der Waals surface area (Å²) in [4.78, 5) is 11.7. The molecular formula is C10H11BrINO2. The molecule has 82 valence electrons. The number of methoxy groups -OCH3 is 1. The standard InChI is InChI=1S/C10H11BrINO2/c1-15-9-6-7(11)2-3-8(9)10(14)13-5-4-12/h2-3,6H,4-5H2,1H3,(H,13,14). The monoisotopic (exact) mass is 383 g/mol. The highest BCUT2D eigenvalue weighted by atomic mass is 127. The van der Waals surface area contributed by atoms with Crippen LogP contribution in [-0.4, -0.2) is 24.0 Å². The Morgan fingerprint density at radius 3 is 2.93 bits per heavy atom. The Morgan fingerprint density at radius 2 is 2.33 bits per heavy atom. The molecule has 1 rings (SSSR count). The van der Waals surface area contributed by atoms with Crippen LogP contribution in [0.5, 0.6) is 5.75 Å². The Hall–Kier alpha value is -0.300. The molecule has 1 N–H and O–H groups in total. The van der Waals surface area contributed by atoms with Crippen molar-refractivity contribution in [1.29, 1.82) is 0 Å². The van der Waals surface area contributed by atoms with Gasteiger partial charge in [-0.25, -0.2) is 0 Å². The van der Waals surface area contributed by atoms with Crippen LogP contribution in [0.25, 0.3) is 0 Å². The van der Waals surface area contributed by atoms with Gasteiger partial charge >= 0.3 is 0 Å². The van der Waals surface area contributed by atoms with Crippen molar-refractivity contribution < 1.29 is 9.53 Å². The number of amides is 1. The van der Waals surface area contributed by atoms with Crippen molar-refractivity contribution in [3.63, 3.8) is 0 Å². The minimum Gasteiger partial charge on any atom is -0.496 e. The molecule has 0 spiro atoms. The van der Waals surface area contributed by atoms with Crippen molar-refractivity contribution in [3.05, 3.63) is 28.2 Å². The number of carbonyl (C=O) groups excluding carboxylic acids is 1. The third-order valence-electron chi connectivity index (χ3n) is 1.79. The average molecular weight is 384 g/mol. The number of rotatable bonds is 4. The molecule has 0 saturated heterocycles. The minimum absolute atomic E-state index is 0.101. The quantitative estimate of drug-likeness (QED) is 0.641.